The SMILES string of the molecule is C[C@H]1CN(C(=O)COC(=O)COc2ccccc2[N+](=O)[O-])C[C@H](C)O1. The van der Waals surface area contributed by atoms with Gasteiger partial charge in [-0.15, -0.1) is 0 Å². The van der Waals surface area contributed by atoms with Crippen LogP contribution in [-0.2, 0) is 19.1 Å². The minimum atomic E-state index is -0.777. The lowest BCUT2D eigenvalue weighted by atomic mass is 10.2. The predicted octanol–water partition coefficient (Wildman–Crippen LogP) is 1.15. The summed E-state index contributed by atoms with van der Waals surface area (Å²) in [6.07, 6.45) is -0.157. The van der Waals surface area contributed by atoms with Crippen molar-refractivity contribution < 1.29 is 28.7 Å². The second-order valence-corrected chi connectivity index (χ2v) is 5.73. The van der Waals surface area contributed by atoms with Gasteiger partial charge >= 0.3 is 11.7 Å². The Kier molecular flexibility index (Phi) is 6.29. The summed E-state index contributed by atoms with van der Waals surface area (Å²) in [5.41, 5.74) is -0.248. The number of rotatable bonds is 6. The van der Waals surface area contributed by atoms with Crippen LogP contribution in [0.15, 0.2) is 24.3 Å². The number of nitro groups is 1. The molecule has 0 radical (unpaired) electrons. The first kappa shape index (κ1) is 18.7. The van der Waals surface area contributed by atoms with Crippen molar-refractivity contribution in [3.05, 3.63) is 34.4 Å². The first-order chi connectivity index (χ1) is 11.9. The second kappa shape index (κ2) is 8.43. The molecule has 0 bridgehead atoms. The predicted molar refractivity (Wildman–Crippen MR) is 86.1 cm³/mol. The highest BCUT2D eigenvalue weighted by atomic mass is 16.6. The number of nitro benzene ring substituents is 1. The Balaban J connectivity index is 1.79. The Bertz CT molecular complexity index is 639. The molecule has 0 N–H and O–H groups in total. The molecule has 9 heteroatoms. The second-order valence-electron chi connectivity index (χ2n) is 5.73. The summed E-state index contributed by atoms with van der Waals surface area (Å²) in [6, 6.07) is 5.70. The number of esters is 1. The maximum atomic E-state index is 12.1. The Morgan fingerprint density at radius 1 is 1.24 bits per heavy atom. The smallest absolute Gasteiger partial charge is 0.344 e. The van der Waals surface area contributed by atoms with E-state index in [1.165, 1.54) is 18.2 Å². The number of ether oxygens (including phenoxy) is 3. The third-order valence-electron chi connectivity index (χ3n) is 3.54. The molecule has 1 aliphatic heterocycles. The number of para-hydroxylation sites is 2. The summed E-state index contributed by atoms with van der Waals surface area (Å²) in [7, 11) is 0. The highest BCUT2D eigenvalue weighted by Crippen LogP contribution is 2.25. The molecule has 1 saturated heterocycles. The molecule has 0 spiro atoms. The molecule has 1 aromatic rings. The first-order valence-corrected chi connectivity index (χ1v) is 7.82. The quantitative estimate of drug-likeness (QED) is 0.429. The van der Waals surface area contributed by atoms with Gasteiger partial charge < -0.3 is 19.1 Å². The lowest BCUT2D eigenvalue weighted by molar-refractivity contribution is -0.385. The van der Waals surface area contributed by atoms with E-state index in [1.807, 2.05) is 13.8 Å². The molecule has 136 valence electrons. The first-order valence-electron chi connectivity index (χ1n) is 7.82. The number of hydrogen-bond acceptors (Lipinski definition) is 7. The maximum Gasteiger partial charge on any atom is 0.344 e. The van der Waals surface area contributed by atoms with Gasteiger partial charge in [0.05, 0.1) is 17.1 Å². The lowest BCUT2D eigenvalue weighted by Gasteiger charge is -2.35. The van der Waals surface area contributed by atoms with Crippen LogP contribution in [-0.4, -0.2) is 60.2 Å². The number of nitrogens with zero attached hydrogens (tertiary/aromatic N) is 2. The molecule has 0 saturated carbocycles. The zero-order valence-corrected chi connectivity index (χ0v) is 14.0. The summed E-state index contributed by atoms with van der Waals surface area (Å²) in [6.45, 7) is 3.68. The number of morpholine rings is 1. The Morgan fingerprint density at radius 3 is 2.52 bits per heavy atom. The molecule has 0 aromatic heterocycles. The van der Waals surface area contributed by atoms with Gasteiger partial charge in [0.1, 0.15) is 0 Å². The minimum Gasteiger partial charge on any atom is -0.475 e. The van der Waals surface area contributed by atoms with Crippen LogP contribution in [0.4, 0.5) is 5.69 Å². The molecular weight excluding hydrogens is 332 g/mol. The monoisotopic (exact) mass is 352 g/mol. The molecule has 0 unspecified atom stereocenters. The molecule has 9 nitrogen and oxygen atoms in total. The lowest BCUT2D eigenvalue weighted by Crippen LogP contribution is -2.49. The van der Waals surface area contributed by atoms with Crippen molar-refractivity contribution in [3.63, 3.8) is 0 Å². The molecule has 2 rings (SSSR count). The molecule has 1 fully saturated rings. The molecule has 1 amide bonds. The van der Waals surface area contributed by atoms with Crippen molar-refractivity contribution in [1.82, 2.24) is 4.90 Å². The van der Waals surface area contributed by atoms with Crippen LogP contribution in [0.3, 0.4) is 0 Å². The fourth-order valence-electron chi connectivity index (χ4n) is 2.52. The molecule has 2 atom stereocenters. The summed E-state index contributed by atoms with van der Waals surface area (Å²) in [4.78, 5) is 35.6. The van der Waals surface area contributed by atoms with Crippen LogP contribution >= 0.6 is 0 Å². The van der Waals surface area contributed by atoms with Crippen molar-refractivity contribution in [2.45, 2.75) is 26.1 Å². The van der Waals surface area contributed by atoms with E-state index in [0.717, 1.165) is 0 Å². The van der Waals surface area contributed by atoms with E-state index in [-0.39, 0.29) is 29.6 Å². The van der Waals surface area contributed by atoms with Gasteiger partial charge in [0, 0.05) is 19.2 Å². The number of amides is 1. The van der Waals surface area contributed by atoms with E-state index < -0.39 is 24.1 Å². The van der Waals surface area contributed by atoms with Crippen molar-refractivity contribution in [3.8, 4) is 5.75 Å². The van der Waals surface area contributed by atoms with E-state index in [0.29, 0.717) is 13.1 Å². The van der Waals surface area contributed by atoms with Gasteiger partial charge in [-0.3, -0.25) is 14.9 Å². The van der Waals surface area contributed by atoms with Crippen LogP contribution in [0, 0.1) is 10.1 Å². The van der Waals surface area contributed by atoms with E-state index in [1.54, 1.807) is 11.0 Å². The van der Waals surface area contributed by atoms with Crippen molar-refractivity contribution in [2.75, 3.05) is 26.3 Å². The van der Waals surface area contributed by atoms with Crippen molar-refractivity contribution in [2.24, 2.45) is 0 Å². The van der Waals surface area contributed by atoms with E-state index in [2.05, 4.69) is 0 Å². The zero-order chi connectivity index (χ0) is 18.4. The maximum absolute atomic E-state index is 12.1. The summed E-state index contributed by atoms with van der Waals surface area (Å²) < 4.78 is 15.5. The zero-order valence-electron chi connectivity index (χ0n) is 14.0. The number of hydrogen-bond donors (Lipinski definition) is 0. The van der Waals surface area contributed by atoms with Gasteiger partial charge in [-0.25, -0.2) is 4.79 Å². The van der Waals surface area contributed by atoms with Crippen molar-refractivity contribution in [1.29, 1.82) is 0 Å². The molecule has 0 aliphatic carbocycles. The fraction of sp³-hybridized carbons (Fsp3) is 0.500. The third kappa shape index (κ3) is 5.42. The normalized spacial score (nSPS) is 20.0. The number of carbonyl (C=O) groups is 2. The highest BCUT2D eigenvalue weighted by molar-refractivity contribution is 5.81. The van der Waals surface area contributed by atoms with E-state index in [4.69, 9.17) is 14.2 Å². The van der Waals surface area contributed by atoms with Crippen LogP contribution in [0.25, 0.3) is 0 Å². The van der Waals surface area contributed by atoms with Gasteiger partial charge in [-0.1, -0.05) is 12.1 Å². The highest BCUT2D eigenvalue weighted by Gasteiger charge is 2.26. The van der Waals surface area contributed by atoms with E-state index >= 15 is 0 Å². The molecule has 1 heterocycles. The Hall–Kier alpha value is -2.68. The fourth-order valence-corrected chi connectivity index (χ4v) is 2.52. The van der Waals surface area contributed by atoms with Crippen LogP contribution in [0.5, 0.6) is 5.75 Å². The van der Waals surface area contributed by atoms with Gasteiger partial charge in [-0.05, 0) is 19.9 Å². The number of carbonyl (C=O) groups excluding carboxylic acids is 2. The average Bonchev–Trinajstić information content (AvgIpc) is 2.57. The standard InChI is InChI=1S/C16H20N2O7/c1-11-7-17(8-12(2)25-11)15(19)9-24-16(20)10-23-14-6-4-3-5-13(14)18(21)22/h3-6,11-12H,7-10H2,1-2H3/t11-,12-/m0/s1. The van der Waals surface area contributed by atoms with Crippen molar-refractivity contribution >= 4 is 17.6 Å². The molecule has 25 heavy (non-hydrogen) atoms. The minimum absolute atomic E-state index is 0.0356. The Morgan fingerprint density at radius 2 is 1.88 bits per heavy atom. The number of benzene rings is 1. The average molecular weight is 352 g/mol. The van der Waals surface area contributed by atoms with Gasteiger partial charge in [0.2, 0.25) is 0 Å². The Labute approximate surface area is 144 Å². The third-order valence-corrected chi connectivity index (χ3v) is 3.54. The van der Waals surface area contributed by atoms with Crippen LogP contribution in [0.2, 0.25) is 0 Å². The largest absolute Gasteiger partial charge is 0.475 e. The van der Waals surface area contributed by atoms with Gasteiger partial charge in [-0.2, -0.15) is 0 Å². The molecular formula is C16H20N2O7. The summed E-state index contributed by atoms with van der Waals surface area (Å²) >= 11 is 0. The molecule has 1 aliphatic rings. The molecule has 1 aromatic carbocycles. The van der Waals surface area contributed by atoms with Gasteiger partial charge in [0.25, 0.3) is 5.91 Å². The van der Waals surface area contributed by atoms with Crippen LogP contribution < -0.4 is 4.74 Å². The van der Waals surface area contributed by atoms with Crippen LogP contribution in [0.1, 0.15) is 13.8 Å². The topological polar surface area (TPSA) is 108 Å². The van der Waals surface area contributed by atoms with E-state index in [9.17, 15) is 19.7 Å². The summed E-state index contributed by atoms with van der Waals surface area (Å²) in [5.74, 6) is -1.13. The summed E-state index contributed by atoms with van der Waals surface area (Å²) in [5, 5.41) is 10.9. The van der Waals surface area contributed by atoms with Gasteiger partial charge in [0.15, 0.2) is 19.0 Å².